The molecule has 2 N–H and O–H groups in total. The summed E-state index contributed by atoms with van der Waals surface area (Å²) in [4.78, 5) is 16.0. The molecule has 45 heavy (non-hydrogen) atoms. The molecule has 4 aliphatic rings. The zero-order valence-electron chi connectivity index (χ0n) is 25.6. The van der Waals surface area contributed by atoms with E-state index in [-0.39, 0.29) is 6.04 Å². The van der Waals surface area contributed by atoms with Crippen molar-refractivity contribution in [3.05, 3.63) is 33.5 Å². The van der Waals surface area contributed by atoms with E-state index in [1.165, 1.54) is 4.88 Å². The number of likely N-dealkylation sites (N-methyl/N-ethyl adjacent to an activating group) is 1. The Morgan fingerprint density at radius 1 is 1.16 bits per heavy atom. The Morgan fingerprint density at radius 2 is 2.00 bits per heavy atom. The number of aryl methyl sites for hydroxylation is 1. The summed E-state index contributed by atoms with van der Waals surface area (Å²) in [6, 6.07) is 5.12. The second-order valence-corrected chi connectivity index (χ2v) is 14.1. The number of nitriles is 2. The van der Waals surface area contributed by atoms with Crippen LogP contribution in [-0.2, 0) is 23.0 Å². The number of nitrogens with zero attached hydrogens (tertiary/aromatic N) is 9. The number of ether oxygens (including phenoxy) is 1. The van der Waals surface area contributed by atoms with Crippen molar-refractivity contribution in [2.24, 2.45) is 0 Å². The van der Waals surface area contributed by atoms with Gasteiger partial charge in [-0.1, -0.05) is 5.16 Å². The number of hydrogen-bond donors (Lipinski definition) is 1. The van der Waals surface area contributed by atoms with E-state index < -0.39 is 11.5 Å². The molecule has 1 spiro atoms. The first kappa shape index (κ1) is 28.4. The van der Waals surface area contributed by atoms with Gasteiger partial charge in [0.1, 0.15) is 16.9 Å². The molecule has 0 radical (unpaired) electrons. The number of nitrogen functional groups attached to an aromatic ring is 1. The van der Waals surface area contributed by atoms with E-state index in [9.17, 15) is 10.5 Å². The lowest BCUT2D eigenvalue weighted by atomic mass is 9.63. The summed E-state index contributed by atoms with van der Waals surface area (Å²) in [6.07, 6.45) is 9.03. The minimum Gasteiger partial charge on any atom is -0.389 e. The van der Waals surface area contributed by atoms with E-state index in [4.69, 9.17) is 30.1 Å². The van der Waals surface area contributed by atoms with E-state index in [0.29, 0.717) is 47.8 Å². The van der Waals surface area contributed by atoms with Crippen LogP contribution in [0.15, 0.2) is 10.7 Å². The zero-order valence-corrected chi connectivity index (χ0v) is 26.4. The maximum Gasteiger partial charge on any atom is 0.186 e. The van der Waals surface area contributed by atoms with Gasteiger partial charge in [0.25, 0.3) is 0 Å². The van der Waals surface area contributed by atoms with Gasteiger partial charge in [0.05, 0.1) is 47.8 Å². The van der Waals surface area contributed by atoms with Crippen LogP contribution < -0.4 is 10.6 Å². The van der Waals surface area contributed by atoms with Gasteiger partial charge in [-0.2, -0.15) is 15.6 Å². The first-order valence-electron chi connectivity index (χ1n) is 16.0. The van der Waals surface area contributed by atoms with Crippen molar-refractivity contribution in [1.29, 1.82) is 10.5 Å². The molecule has 13 heteroatoms. The van der Waals surface area contributed by atoms with Crippen molar-refractivity contribution in [1.82, 2.24) is 29.8 Å². The van der Waals surface area contributed by atoms with Gasteiger partial charge in [0.15, 0.2) is 29.0 Å². The molecule has 8 rings (SSSR count). The summed E-state index contributed by atoms with van der Waals surface area (Å²) < 4.78 is 14.0. The number of aromatic nitrogens is 5. The highest BCUT2D eigenvalue weighted by Crippen LogP contribution is 2.55. The Bertz CT molecular complexity index is 1880. The molecule has 232 valence electrons. The van der Waals surface area contributed by atoms with E-state index in [0.717, 1.165) is 91.6 Å². The first-order chi connectivity index (χ1) is 21.9. The Labute approximate surface area is 265 Å². The normalized spacial score (nSPS) is 25.6. The lowest BCUT2D eigenvalue weighted by Crippen LogP contribution is -2.42. The summed E-state index contributed by atoms with van der Waals surface area (Å²) >= 11 is 1.54. The number of fused-ring (bicyclic) bond motifs is 5. The van der Waals surface area contributed by atoms with Gasteiger partial charge in [-0.25, -0.2) is 14.6 Å². The van der Waals surface area contributed by atoms with Crippen molar-refractivity contribution in [2.45, 2.75) is 81.9 Å². The average molecular weight is 625 g/mol. The number of anilines is 2. The minimum absolute atomic E-state index is 0.103. The molecule has 4 atom stereocenters. The molecule has 2 fully saturated rings. The fraction of sp³-hybridized carbons (Fsp3) is 0.562. The minimum atomic E-state index is -0.541. The number of morpholine rings is 1. The summed E-state index contributed by atoms with van der Waals surface area (Å²) in [5.74, 6) is 2.06. The Balaban J connectivity index is 1.29. The van der Waals surface area contributed by atoms with E-state index in [1.54, 1.807) is 11.3 Å². The molecule has 0 saturated carbocycles. The zero-order chi connectivity index (χ0) is 30.9. The molecule has 0 amide bonds. The third kappa shape index (κ3) is 4.28. The van der Waals surface area contributed by atoms with Crippen LogP contribution >= 0.6 is 11.3 Å². The van der Waals surface area contributed by atoms with Crippen molar-refractivity contribution in [3.63, 3.8) is 0 Å². The predicted molar refractivity (Wildman–Crippen MR) is 169 cm³/mol. The Hall–Kier alpha value is -4.04. The fourth-order valence-electron chi connectivity index (χ4n) is 8.40. The van der Waals surface area contributed by atoms with E-state index in [1.807, 2.05) is 10.9 Å². The summed E-state index contributed by atoms with van der Waals surface area (Å²) in [5, 5.41) is 30.8. The molecule has 12 nitrogen and oxygen atoms in total. The molecule has 4 unspecified atom stereocenters. The second-order valence-electron chi connectivity index (χ2n) is 12.9. The molecule has 2 aliphatic carbocycles. The smallest absolute Gasteiger partial charge is 0.186 e. The topological polar surface area (TPSA) is 159 Å². The highest BCUT2D eigenvalue weighted by Gasteiger charge is 2.49. The largest absolute Gasteiger partial charge is 0.389 e. The molecular formula is C32H36N10O2S. The molecule has 2 aliphatic heterocycles. The molecule has 2 saturated heterocycles. The van der Waals surface area contributed by atoms with Crippen molar-refractivity contribution in [3.8, 4) is 23.7 Å². The third-order valence-corrected chi connectivity index (χ3v) is 11.6. The first-order valence-corrected chi connectivity index (χ1v) is 16.8. The van der Waals surface area contributed by atoms with E-state index >= 15 is 0 Å². The van der Waals surface area contributed by atoms with Crippen molar-refractivity contribution < 1.29 is 9.26 Å². The van der Waals surface area contributed by atoms with Crippen LogP contribution in [0.2, 0.25) is 0 Å². The van der Waals surface area contributed by atoms with Gasteiger partial charge < -0.3 is 24.8 Å². The number of nitrogens with two attached hydrogens (primary N) is 1. The van der Waals surface area contributed by atoms with Gasteiger partial charge in [-0.3, -0.25) is 0 Å². The fourth-order valence-corrected chi connectivity index (χ4v) is 9.56. The van der Waals surface area contributed by atoms with Gasteiger partial charge in [0.2, 0.25) is 0 Å². The lowest BCUT2D eigenvalue weighted by Gasteiger charge is -2.39. The molecule has 4 aromatic rings. The Kier molecular flexibility index (Phi) is 6.82. The number of thiophene rings is 1. The SMILES string of the molecule is CC(C1CCCN1C)n1ncc2c(N3CCOC(C#N)C3)nc(-c3noc4c3CCCC43CCCc4sc(N)c(C#N)c43)nc21. The van der Waals surface area contributed by atoms with Crippen LogP contribution in [0.25, 0.3) is 22.6 Å². The summed E-state index contributed by atoms with van der Waals surface area (Å²) in [7, 11) is 2.18. The third-order valence-electron chi connectivity index (χ3n) is 10.5. The average Bonchev–Trinajstić information content (AvgIpc) is 3.85. The summed E-state index contributed by atoms with van der Waals surface area (Å²) in [6.45, 7) is 4.73. The molecule has 0 aromatic carbocycles. The lowest BCUT2D eigenvalue weighted by molar-refractivity contribution is 0.0762. The van der Waals surface area contributed by atoms with Crippen LogP contribution in [0, 0.1) is 22.7 Å². The molecule has 0 bridgehead atoms. The van der Waals surface area contributed by atoms with Crippen molar-refractivity contribution in [2.75, 3.05) is 43.9 Å². The number of hydrogen-bond acceptors (Lipinski definition) is 12. The second kappa shape index (κ2) is 10.8. The predicted octanol–water partition coefficient (Wildman–Crippen LogP) is 4.34. The highest BCUT2D eigenvalue weighted by molar-refractivity contribution is 7.16. The van der Waals surface area contributed by atoms with Gasteiger partial charge in [-0.05, 0) is 77.4 Å². The van der Waals surface area contributed by atoms with Crippen LogP contribution in [-0.4, -0.2) is 75.2 Å². The quantitative estimate of drug-likeness (QED) is 0.344. The number of likely N-dealkylation sites (tertiary alicyclic amines) is 1. The standard InChI is InChI=1S/C32H36N10O2S/c1-18(23-7-5-11-40(23)2)42-31-22(16-36-42)30(41-12-13-43-19(14-33)17-41)37-29(38-31)26-20-6-3-9-32(27(20)44-39-26)10-4-8-24-25(32)21(15-34)28(35)45-24/h16,18-19,23H,3-13,17,35H2,1-2H3. The van der Waals surface area contributed by atoms with Crippen LogP contribution in [0.5, 0.6) is 0 Å². The Morgan fingerprint density at radius 3 is 2.78 bits per heavy atom. The monoisotopic (exact) mass is 624 g/mol. The van der Waals surface area contributed by atoms with Gasteiger partial charge in [-0.15, -0.1) is 11.3 Å². The summed E-state index contributed by atoms with van der Waals surface area (Å²) in [5.41, 5.74) is 9.99. The van der Waals surface area contributed by atoms with Gasteiger partial charge in [0, 0.05) is 23.0 Å². The van der Waals surface area contributed by atoms with Crippen LogP contribution in [0.3, 0.4) is 0 Å². The van der Waals surface area contributed by atoms with E-state index in [2.05, 4.69) is 41.1 Å². The van der Waals surface area contributed by atoms with Gasteiger partial charge >= 0.3 is 0 Å². The van der Waals surface area contributed by atoms with Crippen LogP contribution in [0.4, 0.5) is 10.8 Å². The van der Waals surface area contributed by atoms with Crippen molar-refractivity contribution >= 4 is 33.2 Å². The molecule has 6 heterocycles. The molecular weight excluding hydrogens is 588 g/mol. The maximum absolute atomic E-state index is 10.1. The number of rotatable bonds is 4. The van der Waals surface area contributed by atoms with Crippen LogP contribution in [0.1, 0.15) is 78.8 Å². The molecule has 4 aromatic heterocycles. The maximum atomic E-state index is 10.1. The highest BCUT2D eigenvalue weighted by atomic mass is 32.1.